The van der Waals surface area contributed by atoms with E-state index >= 15 is 0 Å². The predicted octanol–water partition coefficient (Wildman–Crippen LogP) is 3.47. The minimum atomic E-state index is 0.668. The molecule has 0 amide bonds. The molecule has 0 radical (unpaired) electrons. The number of nitrogens with zero attached hydrogens (tertiary/aromatic N) is 2. The maximum absolute atomic E-state index is 4.60. The summed E-state index contributed by atoms with van der Waals surface area (Å²) in [6.45, 7) is 3.09. The Balaban J connectivity index is 2.03. The van der Waals surface area contributed by atoms with Gasteiger partial charge in [-0.2, -0.15) is 11.8 Å². The highest BCUT2D eigenvalue weighted by Crippen LogP contribution is 2.30. The maximum Gasteiger partial charge on any atom is 0.203 e. The molecule has 0 spiro atoms. The molecule has 0 bridgehead atoms. The quantitative estimate of drug-likeness (QED) is 0.815. The van der Waals surface area contributed by atoms with E-state index in [1.54, 1.807) is 0 Å². The average Bonchev–Trinajstić information content (AvgIpc) is 2.72. The van der Waals surface area contributed by atoms with Crippen LogP contribution in [0.5, 0.6) is 0 Å². The second-order valence-corrected chi connectivity index (χ2v) is 5.81. The van der Waals surface area contributed by atoms with Crippen LogP contribution in [0.2, 0.25) is 0 Å². The number of hydrogen-bond donors (Lipinski definition) is 1. The van der Waals surface area contributed by atoms with Gasteiger partial charge in [-0.3, -0.25) is 0 Å². The molecular weight excluding hydrogens is 230 g/mol. The minimum Gasteiger partial charge on any atom is -0.355 e. The van der Waals surface area contributed by atoms with Crippen molar-refractivity contribution in [3.63, 3.8) is 0 Å². The molecule has 3 nitrogen and oxygen atoms in total. The monoisotopic (exact) mass is 253 g/mol. The van der Waals surface area contributed by atoms with E-state index in [2.05, 4.69) is 34.2 Å². The highest BCUT2D eigenvalue weighted by atomic mass is 32.2. The molecule has 0 aromatic carbocycles. The SMILES string of the molecule is CSCCNc1nc(C)cn1C1CCCCC1. The normalized spacial score (nSPS) is 17.3. The van der Waals surface area contributed by atoms with Crippen molar-refractivity contribution >= 4 is 17.7 Å². The lowest BCUT2D eigenvalue weighted by Crippen LogP contribution is -2.16. The highest BCUT2D eigenvalue weighted by Gasteiger charge is 2.18. The Bertz CT molecular complexity index is 342. The lowest BCUT2D eigenvalue weighted by atomic mass is 9.95. The fraction of sp³-hybridized carbons (Fsp3) is 0.769. The molecule has 0 aliphatic heterocycles. The summed E-state index contributed by atoms with van der Waals surface area (Å²) in [5.74, 6) is 2.21. The van der Waals surface area contributed by atoms with Crippen LogP contribution in [-0.2, 0) is 0 Å². The van der Waals surface area contributed by atoms with Gasteiger partial charge in [0.1, 0.15) is 0 Å². The Morgan fingerprint density at radius 3 is 2.88 bits per heavy atom. The number of aryl methyl sites for hydroxylation is 1. The van der Waals surface area contributed by atoms with Gasteiger partial charge < -0.3 is 9.88 Å². The minimum absolute atomic E-state index is 0.668. The number of imidazole rings is 1. The van der Waals surface area contributed by atoms with Crippen LogP contribution in [0.1, 0.15) is 43.8 Å². The van der Waals surface area contributed by atoms with Gasteiger partial charge in [0, 0.05) is 24.5 Å². The molecule has 1 aliphatic carbocycles. The Labute approximate surface area is 108 Å². The van der Waals surface area contributed by atoms with Gasteiger partial charge >= 0.3 is 0 Å². The molecule has 0 saturated heterocycles. The number of aromatic nitrogens is 2. The highest BCUT2D eigenvalue weighted by molar-refractivity contribution is 7.98. The summed E-state index contributed by atoms with van der Waals surface area (Å²) < 4.78 is 2.37. The summed E-state index contributed by atoms with van der Waals surface area (Å²) in [6, 6.07) is 0.668. The summed E-state index contributed by atoms with van der Waals surface area (Å²) in [6.07, 6.45) is 11.1. The van der Waals surface area contributed by atoms with Crippen LogP contribution >= 0.6 is 11.8 Å². The molecule has 1 saturated carbocycles. The third kappa shape index (κ3) is 3.41. The van der Waals surface area contributed by atoms with Gasteiger partial charge in [-0.1, -0.05) is 19.3 Å². The third-order valence-electron chi connectivity index (χ3n) is 3.41. The number of thioether (sulfide) groups is 1. The van der Waals surface area contributed by atoms with Gasteiger partial charge in [0.25, 0.3) is 0 Å². The van der Waals surface area contributed by atoms with Crippen molar-refractivity contribution in [2.75, 3.05) is 23.9 Å². The lowest BCUT2D eigenvalue weighted by Gasteiger charge is -2.24. The van der Waals surface area contributed by atoms with Crippen LogP contribution in [0.3, 0.4) is 0 Å². The van der Waals surface area contributed by atoms with Crippen LogP contribution in [0.4, 0.5) is 5.95 Å². The zero-order valence-corrected chi connectivity index (χ0v) is 11.7. The van der Waals surface area contributed by atoms with Crippen molar-refractivity contribution in [3.8, 4) is 0 Å². The van der Waals surface area contributed by atoms with Gasteiger partial charge in [0.05, 0.1) is 5.69 Å². The van der Waals surface area contributed by atoms with E-state index in [9.17, 15) is 0 Å². The first kappa shape index (κ1) is 12.8. The maximum atomic E-state index is 4.60. The van der Waals surface area contributed by atoms with E-state index < -0.39 is 0 Å². The summed E-state index contributed by atoms with van der Waals surface area (Å²) in [4.78, 5) is 4.60. The van der Waals surface area contributed by atoms with E-state index in [1.807, 2.05) is 11.8 Å². The first-order valence-corrected chi connectivity index (χ1v) is 7.99. The smallest absolute Gasteiger partial charge is 0.203 e. The van der Waals surface area contributed by atoms with Crippen LogP contribution in [0.25, 0.3) is 0 Å². The second-order valence-electron chi connectivity index (χ2n) is 4.82. The molecule has 1 heterocycles. The number of hydrogen-bond acceptors (Lipinski definition) is 3. The number of nitrogens with one attached hydrogen (secondary N) is 1. The number of anilines is 1. The predicted molar refractivity (Wildman–Crippen MR) is 76.0 cm³/mol. The van der Waals surface area contributed by atoms with E-state index in [0.717, 1.165) is 23.9 Å². The van der Waals surface area contributed by atoms with E-state index in [-0.39, 0.29) is 0 Å². The molecule has 0 atom stereocenters. The largest absolute Gasteiger partial charge is 0.355 e. The molecule has 1 aromatic rings. The van der Waals surface area contributed by atoms with Crippen molar-refractivity contribution < 1.29 is 0 Å². The summed E-state index contributed by atoms with van der Waals surface area (Å²) >= 11 is 1.87. The van der Waals surface area contributed by atoms with Gasteiger partial charge in [0.2, 0.25) is 5.95 Å². The van der Waals surface area contributed by atoms with Crippen molar-refractivity contribution in [2.45, 2.75) is 45.1 Å². The first-order chi connectivity index (χ1) is 8.31. The van der Waals surface area contributed by atoms with Crippen molar-refractivity contribution in [3.05, 3.63) is 11.9 Å². The molecule has 0 unspecified atom stereocenters. The third-order valence-corrected chi connectivity index (χ3v) is 4.02. The van der Waals surface area contributed by atoms with E-state index in [0.29, 0.717) is 6.04 Å². The summed E-state index contributed by atoms with van der Waals surface area (Å²) in [5.41, 5.74) is 1.13. The molecule has 17 heavy (non-hydrogen) atoms. The van der Waals surface area contributed by atoms with Crippen molar-refractivity contribution in [2.24, 2.45) is 0 Å². The van der Waals surface area contributed by atoms with Gasteiger partial charge in [-0.05, 0) is 26.0 Å². The van der Waals surface area contributed by atoms with Gasteiger partial charge in [-0.15, -0.1) is 0 Å². The zero-order chi connectivity index (χ0) is 12.1. The molecular formula is C13H23N3S. The van der Waals surface area contributed by atoms with Gasteiger partial charge in [-0.25, -0.2) is 4.98 Å². The van der Waals surface area contributed by atoms with Gasteiger partial charge in [0.15, 0.2) is 0 Å². The lowest BCUT2D eigenvalue weighted by molar-refractivity contribution is 0.356. The Morgan fingerprint density at radius 2 is 2.18 bits per heavy atom. The van der Waals surface area contributed by atoms with Crippen molar-refractivity contribution in [1.82, 2.24) is 9.55 Å². The zero-order valence-electron chi connectivity index (χ0n) is 10.9. The van der Waals surface area contributed by atoms with E-state index in [1.165, 1.54) is 32.1 Å². The summed E-state index contributed by atoms with van der Waals surface area (Å²) in [7, 11) is 0. The molecule has 1 fully saturated rings. The van der Waals surface area contributed by atoms with Crippen LogP contribution < -0.4 is 5.32 Å². The molecule has 1 aliphatic rings. The standard InChI is InChI=1S/C13H23N3S/c1-11-10-16(12-6-4-3-5-7-12)13(15-11)14-8-9-17-2/h10,12H,3-9H2,1-2H3,(H,14,15). The first-order valence-electron chi connectivity index (χ1n) is 6.59. The van der Waals surface area contributed by atoms with Crippen molar-refractivity contribution in [1.29, 1.82) is 0 Å². The molecule has 4 heteroatoms. The average molecular weight is 253 g/mol. The Morgan fingerprint density at radius 1 is 1.41 bits per heavy atom. The fourth-order valence-corrected chi connectivity index (χ4v) is 2.86. The molecule has 2 rings (SSSR count). The van der Waals surface area contributed by atoms with E-state index in [4.69, 9.17) is 0 Å². The Kier molecular flexibility index (Phi) is 4.77. The number of rotatable bonds is 5. The molecule has 1 aromatic heterocycles. The van der Waals surface area contributed by atoms with Crippen LogP contribution in [0, 0.1) is 6.92 Å². The molecule has 1 N–H and O–H groups in total. The topological polar surface area (TPSA) is 29.9 Å². The second kappa shape index (κ2) is 6.34. The van der Waals surface area contributed by atoms with Crippen LogP contribution in [0.15, 0.2) is 6.20 Å². The molecule has 96 valence electrons. The fourth-order valence-electron chi connectivity index (χ4n) is 2.55. The Hall–Kier alpha value is -0.640. The van der Waals surface area contributed by atoms with Crippen LogP contribution in [-0.4, -0.2) is 28.1 Å². The summed E-state index contributed by atoms with van der Waals surface area (Å²) in [5, 5.41) is 3.46.